The lowest BCUT2D eigenvalue weighted by atomic mass is 9.78. The van der Waals surface area contributed by atoms with Crippen LogP contribution in [0.4, 0.5) is 10.8 Å². The highest BCUT2D eigenvalue weighted by atomic mass is 32.1. The topological polar surface area (TPSA) is 68.7 Å². The van der Waals surface area contributed by atoms with Crippen LogP contribution in [0.25, 0.3) is 0 Å². The Hall–Kier alpha value is -2.41. The van der Waals surface area contributed by atoms with Gasteiger partial charge < -0.3 is 14.4 Å². The Bertz CT molecular complexity index is 867. The Morgan fingerprint density at radius 3 is 2.62 bits per heavy atom. The number of thiazole rings is 1. The van der Waals surface area contributed by atoms with Crippen molar-refractivity contribution in [2.24, 2.45) is 5.41 Å². The lowest BCUT2D eigenvalue weighted by Gasteiger charge is -2.21. The van der Waals surface area contributed by atoms with Crippen molar-refractivity contribution in [1.29, 1.82) is 0 Å². The fourth-order valence-corrected chi connectivity index (χ4v) is 4.71. The van der Waals surface area contributed by atoms with Crippen molar-refractivity contribution in [2.45, 2.75) is 38.4 Å². The molecule has 4 rings (SSSR count). The third-order valence-electron chi connectivity index (χ3n) is 5.15. The highest BCUT2D eigenvalue weighted by Gasteiger charge is 2.65. The minimum atomic E-state index is -1.19. The van der Waals surface area contributed by atoms with Crippen molar-refractivity contribution < 1.29 is 19.1 Å². The van der Waals surface area contributed by atoms with Crippen LogP contribution in [0, 0.1) is 5.41 Å². The molecule has 2 aliphatic rings. The minimum Gasteiger partial charge on any atom is -0.462 e. The monoisotopic (exact) mass is 372 g/mol. The maximum Gasteiger partial charge on any atom is 0.324 e. The molecular formula is C19H20N2O4S. The van der Waals surface area contributed by atoms with Gasteiger partial charge in [-0.05, 0) is 26.0 Å². The van der Waals surface area contributed by atoms with E-state index in [4.69, 9.17) is 9.47 Å². The number of benzene rings is 1. The molecule has 2 aliphatic heterocycles. The van der Waals surface area contributed by atoms with Gasteiger partial charge in [-0.25, -0.2) is 4.98 Å². The van der Waals surface area contributed by atoms with Crippen LogP contribution < -0.4 is 4.90 Å². The normalized spacial score (nSPS) is 30.5. The molecule has 0 unspecified atom stereocenters. The minimum absolute atomic E-state index is 0.264. The van der Waals surface area contributed by atoms with E-state index in [9.17, 15) is 9.59 Å². The molecule has 0 bridgehead atoms. The van der Waals surface area contributed by atoms with Crippen molar-refractivity contribution in [2.75, 3.05) is 11.9 Å². The van der Waals surface area contributed by atoms with E-state index in [2.05, 4.69) is 4.98 Å². The van der Waals surface area contributed by atoms with Crippen LogP contribution in [-0.2, 0) is 24.7 Å². The van der Waals surface area contributed by atoms with Crippen molar-refractivity contribution in [1.82, 2.24) is 4.98 Å². The second kappa shape index (κ2) is 5.81. The highest BCUT2D eigenvalue weighted by molar-refractivity contribution is 7.13. The first kappa shape index (κ1) is 17.0. The number of ether oxygens (including phenoxy) is 2. The van der Waals surface area contributed by atoms with Gasteiger partial charge in [0, 0.05) is 31.0 Å². The number of anilines is 2. The zero-order valence-electron chi connectivity index (χ0n) is 14.9. The zero-order chi connectivity index (χ0) is 18.5. The molecule has 0 N–H and O–H groups in total. The number of carbonyl (C=O) groups excluding carboxylic acids is 2. The first-order valence-electron chi connectivity index (χ1n) is 8.53. The first-order valence-corrected chi connectivity index (χ1v) is 9.41. The Kier molecular flexibility index (Phi) is 3.80. The summed E-state index contributed by atoms with van der Waals surface area (Å²) in [6.45, 7) is 3.61. The summed E-state index contributed by atoms with van der Waals surface area (Å²) in [5.41, 5.74) is -0.431. The third kappa shape index (κ3) is 2.49. The molecule has 3 heterocycles. The summed E-state index contributed by atoms with van der Waals surface area (Å²) in [5, 5.41) is 2.69. The van der Waals surface area contributed by atoms with Crippen LogP contribution in [0.1, 0.15) is 32.4 Å². The molecule has 0 aliphatic carbocycles. The smallest absolute Gasteiger partial charge is 0.324 e. The first-order chi connectivity index (χ1) is 12.3. The molecule has 7 heteroatoms. The van der Waals surface area contributed by atoms with Crippen molar-refractivity contribution >= 4 is 34.1 Å². The van der Waals surface area contributed by atoms with Gasteiger partial charge >= 0.3 is 11.9 Å². The molecule has 1 spiro atoms. The van der Waals surface area contributed by atoms with E-state index in [1.54, 1.807) is 6.92 Å². The molecule has 0 amide bonds. The molecule has 2 aromatic rings. The van der Waals surface area contributed by atoms with Crippen LogP contribution in [0.5, 0.6) is 0 Å². The highest BCUT2D eigenvalue weighted by Crippen LogP contribution is 2.52. The van der Waals surface area contributed by atoms with Gasteiger partial charge in [0.15, 0.2) is 16.1 Å². The SMILES string of the molecule is C[C@@H]1C[C@@]2(C[C@@](C)(c3csc(N(C)c4ccccc4)n3)OC2=O)C(=O)O1. The number of esters is 2. The summed E-state index contributed by atoms with van der Waals surface area (Å²) >= 11 is 1.48. The van der Waals surface area contributed by atoms with Gasteiger partial charge in [0.2, 0.25) is 0 Å². The third-order valence-corrected chi connectivity index (χ3v) is 6.06. The number of hydrogen-bond donors (Lipinski definition) is 0. The van der Waals surface area contributed by atoms with Gasteiger partial charge in [0.1, 0.15) is 6.10 Å². The molecule has 0 saturated carbocycles. The maximum absolute atomic E-state index is 12.5. The molecule has 2 fully saturated rings. The quantitative estimate of drug-likeness (QED) is 0.608. The Balaban J connectivity index is 1.62. The summed E-state index contributed by atoms with van der Waals surface area (Å²) in [5.74, 6) is -0.976. The average molecular weight is 372 g/mol. The van der Waals surface area contributed by atoms with Crippen LogP contribution in [-0.4, -0.2) is 30.1 Å². The summed E-state index contributed by atoms with van der Waals surface area (Å²) < 4.78 is 10.9. The van der Waals surface area contributed by atoms with E-state index in [0.717, 1.165) is 10.8 Å². The van der Waals surface area contributed by atoms with E-state index in [1.807, 2.05) is 54.6 Å². The summed E-state index contributed by atoms with van der Waals surface area (Å²) in [6.07, 6.45) is 0.356. The fourth-order valence-electron chi connectivity index (χ4n) is 3.77. The number of nitrogens with zero attached hydrogens (tertiary/aromatic N) is 2. The second-order valence-corrected chi connectivity index (χ2v) is 8.05. The molecule has 26 heavy (non-hydrogen) atoms. The summed E-state index contributed by atoms with van der Waals surface area (Å²) in [4.78, 5) is 31.5. The van der Waals surface area contributed by atoms with Crippen LogP contribution in [0.3, 0.4) is 0 Å². The standard InChI is InChI=1S/C19H20N2O4S/c1-12-9-19(15(22)24-12)11-18(2,25-16(19)23)14-10-26-17(20-14)21(3)13-7-5-4-6-8-13/h4-8,10,12H,9,11H2,1-3H3/t12-,18+,19-/m1/s1. The zero-order valence-corrected chi connectivity index (χ0v) is 15.7. The van der Waals surface area contributed by atoms with Gasteiger partial charge in [-0.1, -0.05) is 18.2 Å². The number of rotatable bonds is 3. The van der Waals surface area contributed by atoms with Crippen LogP contribution >= 0.6 is 11.3 Å². The lowest BCUT2D eigenvalue weighted by Crippen LogP contribution is -2.31. The molecular weight excluding hydrogens is 352 g/mol. The molecule has 136 valence electrons. The second-order valence-electron chi connectivity index (χ2n) is 7.21. The maximum atomic E-state index is 12.5. The van der Waals surface area contributed by atoms with Crippen LogP contribution in [0.2, 0.25) is 0 Å². The lowest BCUT2D eigenvalue weighted by molar-refractivity contribution is -0.160. The van der Waals surface area contributed by atoms with Crippen molar-refractivity contribution in [3.63, 3.8) is 0 Å². The van der Waals surface area contributed by atoms with E-state index in [0.29, 0.717) is 12.1 Å². The molecule has 2 saturated heterocycles. The van der Waals surface area contributed by atoms with Gasteiger partial charge in [-0.3, -0.25) is 9.59 Å². The van der Waals surface area contributed by atoms with Crippen molar-refractivity contribution in [3.05, 3.63) is 41.4 Å². The largest absolute Gasteiger partial charge is 0.462 e. The molecule has 3 atom stereocenters. The van der Waals surface area contributed by atoms with Gasteiger partial charge in [-0.15, -0.1) is 11.3 Å². The number of aromatic nitrogens is 1. The van der Waals surface area contributed by atoms with E-state index in [1.165, 1.54) is 11.3 Å². The number of carbonyl (C=O) groups is 2. The van der Waals surface area contributed by atoms with E-state index in [-0.39, 0.29) is 12.5 Å². The fraction of sp³-hybridized carbons (Fsp3) is 0.421. The van der Waals surface area contributed by atoms with Crippen molar-refractivity contribution in [3.8, 4) is 0 Å². The molecule has 1 aromatic carbocycles. The Morgan fingerprint density at radius 1 is 1.23 bits per heavy atom. The van der Waals surface area contributed by atoms with Gasteiger partial charge in [0.25, 0.3) is 0 Å². The summed E-state index contributed by atoms with van der Waals surface area (Å²) in [6, 6.07) is 9.91. The predicted molar refractivity (Wildman–Crippen MR) is 97.3 cm³/mol. The number of para-hydroxylation sites is 1. The average Bonchev–Trinajstić information content (AvgIpc) is 3.27. The number of hydrogen-bond acceptors (Lipinski definition) is 7. The van der Waals surface area contributed by atoms with Crippen LogP contribution in [0.15, 0.2) is 35.7 Å². The van der Waals surface area contributed by atoms with E-state index >= 15 is 0 Å². The number of cyclic esters (lactones) is 2. The predicted octanol–water partition coefficient (Wildman–Crippen LogP) is 3.39. The van der Waals surface area contributed by atoms with Gasteiger partial charge in [-0.2, -0.15) is 0 Å². The summed E-state index contributed by atoms with van der Waals surface area (Å²) in [7, 11) is 1.94. The Morgan fingerprint density at radius 2 is 1.96 bits per heavy atom. The molecule has 0 radical (unpaired) electrons. The molecule has 6 nitrogen and oxygen atoms in total. The van der Waals surface area contributed by atoms with E-state index < -0.39 is 23.0 Å². The Labute approximate surface area is 155 Å². The van der Waals surface area contributed by atoms with Gasteiger partial charge in [0.05, 0.1) is 5.69 Å². The molecule has 1 aromatic heterocycles.